The molecular weight excluding hydrogens is 320 g/mol. The monoisotopic (exact) mass is 342 g/mol. The molecule has 0 atom stereocenters. The third kappa shape index (κ3) is 3.26. The molecule has 4 heteroatoms. The van der Waals surface area contributed by atoms with Crippen LogP contribution in [-0.4, -0.2) is 9.97 Å². The van der Waals surface area contributed by atoms with Gasteiger partial charge in [0.15, 0.2) is 0 Å². The Morgan fingerprint density at radius 1 is 0.923 bits per heavy atom. The van der Waals surface area contributed by atoms with Crippen LogP contribution in [0.2, 0.25) is 0 Å². The van der Waals surface area contributed by atoms with E-state index in [9.17, 15) is 0 Å². The number of H-pyrrole nitrogens is 1. The molecule has 0 aliphatic rings. The summed E-state index contributed by atoms with van der Waals surface area (Å²) in [4.78, 5) is 8.15. The number of nitrogens with one attached hydrogen (secondary N) is 2. The second-order valence-electron chi connectivity index (χ2n) is 6.71. The number of hydrogen-bond donors (Lipinski definition) is 3. The minimum atomic E-state index is 0.767. The van der Waals surface area contributed by atoms with Crippen LogP contribution in [0, 0.1) is 13.8 Å². The zero-order valence-electron chi connectivity index (χ0n) is 15.0. The lowest BCUT2D eigenvalue weighted by atomic mass is 10.1. The van der Waals surface area contributed by atoms with Gasteiger partial charge in [0.25, 0.3) is 0 Å². The second kappa shape index (κ2) is 6.56. The number of anilines is 2. The molecule has 0 bridgehead atoms. The highest BCUT2D eigenvalue weighted by atomic mass is 14.9. The van der Waals surface area contributed by atoms with E-state index >= 15 is 0 Å². The van der Waals surface area contributed by atoms with Crippen molar-refractivity contribution in [2.24, 2.45) is 0 Å². The molecule has 0 fully saturated rings. The Morgan fingerprint density at radius 2 is 1.62 bits per heavy atom. The zero-order valence-corrected chi connectivity index (χ0v) is 15.0. The number of benzene rings is 3. The Labute approximate surface area is 153 Å². The lowest BCUT2D eigenvalue weighted by molar-refractivity contribution is 1.15. The van der Waals surface area contributed by atoms with Gasteiger partial charge in [-0.25, -0.2) is 4.98 Å². The number of rotatable bonds is 4. The van der Waals surface area contributed by atoms with Gasteiger partial charge in [0.1, 0.15) is 5.82 Å². The molecule has 0 saturated carbocycles. The molecular formula is C22H22N4. The maximum absolute atomic E-state index is 5.72. The molecule has 0 aliphatic carbocycles. The first-order chi connectivity index (χ1) is 12.6. The number of aromatic nitrogens is 2. The smallest absolute Gasteiger partial charge is 0.138 e. The highest BCUT2D eigenvalue weighted by Gasteiger charge is 2.07. The lowest BCUT2D eigenvalue weighted by Crippen LogP contribution is -1.99. The fraction of sp³-hybridized carbons (Fsp3) is 0.136. The fourth-order valence-electron chi connectivity index (χ4n) is 2.99. The van der Waals surface area contributed by atoms with Crippen molar-refractivity contribution in [1.29, 1.82) is 0 Å². The van der Waals surface area contributed by atoms with E-state index in [1.807, 2.05) is 24.3 Å². The number of aryl methyl sites for hydroxylation is 2. The topological polar surface area (TPSA) is 66.7 Å². The largest absolute Gasteiger partial charge is 0.399 e. The van der Waals surface area contributed by atoms with E-state index in [0.717, 1.165) is 40.3 Å². The molecule has 1 heterocycles. The second-order valence-corrected chi connectivity index (χ2v) is 6.71. The third-order valence-electron chi connectivity index (χ3n) is 4.73. The van der Waals surface area contributed by atoms with Crippen molar-refractivity contribution in [1.82, 2.24) is 9.97 Å². The van der Waals surface area contributed by atoms with Crippen LogP contribution in [0.3, 0.4) is 0 Å². The number of nitrogens with two attached hydrogens (primary N) is 1. The maximum atomic E-state index is 5.72. The van der Waals surface area contributed by atoms with Crippen LogP contribution in [-0.2, 0) is 6.54 Å². The molecule has 1 aromatic heterocycles. The summed E-state index contributed by atoms with van der Waals surface area (Å²) in [5.41, 5.74) is 14.5. The maximum Gasteiger partial charge on any atom is 0.138 e. The van der Waals surface area contributed by atoms with Crippen LogP contribution < -0.4 is 11.1 Å². The van der Waals surface area contributed by atoms with Crippen LogP contribution in [0.15, 0.2) is 60.7 Å². The lowest BCUT2D eigenvalue weighted by Gasteiger charge is -2.07. The van der Waals surface area contributed by atoms with Crippen LogP contribution in [0.25, 0.3) is 22.4 Å². The summed E-state index contributed by atoms with van der Waals surface area (Å²) < 4.78 is 0. The van der Waals surface area contributed by atoms with Crippen LogP contribution in [0.5, 0.6) is 0 Å². The van der Waals surface area contributed by atoms with Gasteiger partial charge in [-0.15, -0.1) is 0 Å². The summed E-state index contributed by atoms with van der Waals surface area (Å²) in [5, 5.41) is 3.43. The van der Waals surface area contributed by atoms with Gasteiger partial charge in [0, 0.05) is 23.5 Å². The van der Waals surface area contributed by atoms with Crippen molar-refractivity contribution in [2.45, 2.75) is 20.4 Å². The van der Waals surface area contributed by atoms with Crippen molar-refractivity contribution in [2.75, 3.05) is 11.1 Å². The average Bonchev–Trinajstić information content (AvgIpc) is 3.05. The van der Waals surface area contributed by atoms with Crippen molar-refractivity contribution < 1.29 is 0 Å². The van der Waals surface area contributed by atoms with Crippen molar-refractivity contribution in [3.8, 4) is 11.4 Å². The SMILES string of the molecule is Cc1cc2nc(-c3ccc(NCc4ccc(N)cc4)cc3)[nH]c2cc1C. The molecule has 0 aliphatic heterocycles. The summed E-state index contributed by atoms with van der Waals surface area (Å²) in [6.07, 6.45) is 0. The Hall–Kier alpha value is -3.27. The highest BCUT2D eigenvalue weighted by Crippen LogP contribution is 2.24. The van der Waals surface area contributed by atoms with Gasteiger partial charge < -0.3 is 16.0 Å². The predicted octanol–water partition coefficient (Wildman–Crippen LogP) is 5.04. The molecule has 26 heavy (non-hydrogen) atoms. The van der Waals surface area contributed by atoms with E-state index in [4.69, 9.17) is 10.7 Å². The van der Waals surface area contributed by atoms with Crippen molar-refractivity contribution in [3.05, 3.63) is 77.4 Å². The Kier molecular flexibility index (Phi) is 4.09. The molecule has 0 amide bonds. The van der Waals surface area contributed by atoms with Gasteiger partial charge in [-0.2, -0.15) is 0 Å². The van der Waals surface area contributed by atoms with Crippen LogP contribution >= 0.6 is 0 Å². The van der Waals surface area contributed by atoms with E-state index in [1.54, 1.807) is 0 Å². The van der Waals surface area contributed by atoms with Gasteiger partial charge in [0.2, 0.25) is 0 Å². The molecule has 0 unspecified atom stereocenters. The van der Waals surface area contributed by atoms with E-state index in [0.29, 0.717) is 0 Å². The molecule has 4 rings (SSSR count). The van der Waals surface area contributed by atoms with E-state index in [-0.39, 0.29) is 0 Å². The molecule has 130 valence electrons. The molecule has 3 aromatic carbocycles. The molecule has 0 radical (unpaired) electrons. The van der Waals surface area contributed by atoms with Crippen molar-refractivity contribution in [3.63, 3.8) is 0 Å². The van der Waals surface area contributed by atoms with Gasteiger partial charge in [-0.1, -0.05) is 12.1 Å². The van der Waals surface area contributed by atoms with E-state index in [1.165, 1.54) is 16.7 Å². The molecule has 4 aromatic rings. The number of imidazole rings is 1. The number of nitrogens with zero attached hydrogens (tertiary/aromatic N) is 1. The minimum Gasteiger partial charge on any atom is -0.399 e. The van der Waals surface area contributed by atoms with Crippen molar-refractivity contribution >= 4 is 22.4 Å². The van der Waals surface area contributed by atoms with Crippen LogP contribution in [0.4, 0.5) is 11.4 Å². The Bertz CT molecular complexity index is 1010. The fourth-order valence-corrected chi connectivity index (χ4v) is 2.99. The average molecular weight is 342 g/mol. The number of nitrogen functional groups attached to an aromatic ring is 1. The summed E-state index contributed by atoms with van der Waals surface area (Å²) in [6, 6.07) is 20.5. The first-order valence-electron chi connectivity index (χ1n) is 8.74. The van der Waals surface area contributed by atoms with Crippen LogP contribution in [0.1, 0.15) is 16.7 Å². The first kappa shape index (κ1) is 16.2. The van der Waals surface area contributed by atoms with Gasteiger partial charge in [-0.3, -0.25) is 0 Å². The van der Waals surface area contributed by atoms with Gasteiger partial charge >= 0.3 is 0 Å². The zero-order chi connectivity index (χ0) is 18.1. The molecule has 0 spiro atoms. The standard InChI is InChI=1S/C22H22N4/c1-14-11-20-21(12-15(14)2)26-22(25-20)17-5-9-19(10-6-17)24-13-16-3-7-18(23)8-4-16/h3-12,24H,13,23H2,1-2H3,(H,25,26). The van der Waals surface area contributed by atoms with E-state index in [2.05, 4.69) is 60.5 Å². The quantitative estimate of drug-likeness (QED) is 0.455. The predicted molar refractivity (Wildman–Crippen MR) is 109 cm³/mol. The highest BCUT2D eigenvalue weighted by molar-refractivity contribution is 5.81. The van der Waals surface area contributed by atoms with Gasteiger partial charge in [-0.05, 0) is 79.1 Å². The summed E-state index contributed by atoms with van der Waals surface area (Å²) in [5.74, 6) is 0.898. The molecule has 4 nitrogen and oxygen atoms in total. The normalized spacial score (nSPS) is 11.0. The minimum absolute atomic E-state index is 0.767. The molecule has 4 N–H and O–H groups in total. The number of aromatic amines is 1. The molecule has 0 saturated heterocycles. The number of fused-ring (bicyclic) bond motifs is 1. The summed E-state index contributed by atoms with van der Waals surface area (Å²) >= 11 is 0. The summed E-state index contributed by atoms with van der Waals surface area (Å²) in [6.45, 7) is 5.00. The van der Waals surface area contributed by atoms with E-state index < -0.39 is 0 Å². The Morgan fingerprint density at radius 3 is 2.35 bits per heavy atom. The number of hydrogen-bond acceptors (Lipinski definition) is 3. The third-order valence-corrected chi connectivity index (χ3v) is 4.73. The first-order valence-corrected chi connectivity index (χ1v) is 8.74. The van der Waals surface area contributed by atoms with Gasteiger partial charge in [0.05, 0.1) is 11.0 Å². The Balaban J connectivity index is 1.51. The summed E-state index contributed by atoms with van der Waals surface area (Å²) in [7, 11) is 0.